The molecule has 2 rings (SSSR count). The molecule has 0 heterocycles. The van der Waals surface area contributed by atoms with Crippen molar-refractivity contribution in [1.29, 1.82) is 0 Å². The molecule has 0 spiro atoms. The molecule has 0 radical (unpaired) electrons. The summed E-state index contributed by atoms with van der Waals surface area (Å²) in [4.78, 5) is 23.9. The van der Waals surface area contributed by atoms with Crippen molar-refractivity contribution in [2.24, 2.45) is 0 Å². The first-order valence-corrected chi connectivity index (χ1v) is 8.34. The zero-order valence-electron chi connectivity index (χ0n) is 14.8. The van der Waals surface area contributed by atoms with Crippen LogP contribution in [0.25, 0.3) is 0 Å². The van der Waals surface area contributed by atoms with Gasteiger partial charge < -0.3 is 15.7 Å². The van der Waals surface area contributed by atoms with Crippen molar-refractivity contribution in [1.82, 2.24) is 5.32 Å². The Bertz CT molecular complexity index is 754. The number of hydrogen-bond acceptors (Lipinski definition) is 3. The molecule has 0 aromatic heterocycles. The zero-order chi connectivity index (χ0) is 18.4. The molecule has 1 unspecified atom stereocenters. The van der Waals surface area contributed by atoms with Crippen LogP contribution < -0.4 is 10.6 Å². The fourth-order valence-corrected chi connectivity index (χ4v) is 2.49. The van der Waals surface area contributed by atoms with Crippen LogP contribution in [0.3, 0.4) is 0 Å². The van der Waals surface area contributed by atoms with Gasteiger partial charge in [-0.2, -0.15) is 0 Å². The largest absolute Gasteiger partial charge is 0.387 e. The Labute approximate surface area is 148 Å². The third-order valence-electron chi connectivity index (χ3n) is 4.11. The Morgan fingerprint density at radius 3 is 2.36 bits per heavy atom. The van der Waals surface area contributed by atoms with Crippen molar-refractivity contribution in [2.75, 3.05) is 11.9 Å². The summed E-state index contributed by atoms with van der Waals surface area (Å²) < 4.78 is 0. The normalized spacial score (nSPS) is 11.7. The van der Waals surface area contributed by atoms with E-state index in [9.17, 15) is 14.7 Å². The van der Waals surface area contributed by atoms with E-state index in [-0.39, 0.29) is 6.54 Å². The SMILES string of the molecule is CCc1cc(NC(=O)C(=O)NCC(O)c2ccc(C)cc2)ccc1C. The molecule has 5 heteroatoms. The van der Waals surface area contributed by atoms with E-state index in [4.69, 9.17) is 0 Å². The average molecular weight is 340 g/mol. The number of amides is 2. The van der Waals surface area contributed by atoms with E-state index in [0.29, 0.717) is 11.3 Å². The Balaban J connectivity index is 1.89. The number of carbonyl (C=O) groups is 2. The highest BCUT2D eigenvalue weighted by atomic mass is 16.3. The number of nitrogens with one attached hydrogen (secondary N) is 2. The molecule has 5 nitrogen and oxygen atoms in total. The van der Waals surface area contributed by atoms with Gasteiger partial charge in [0.05, 0.1) is 6.10 Å². The highest BCUT2D eigenvalue weighted by molar-refractivity contribution is 6.39. The molecule has 0 aliphatic heterocycles. The summed E-state index contributed by atoms with van der Waals surface area (Å²) in [5.74, 6) is -1.52. The van der Waals surface area contributed by atoms with Crippen molar-refractivity contribution in [2.45, 2.75) is 33.3 Å². The number of carbonyl (C=O) groups excluding carboxylic acids is 2. The molecule has 0 aliphatic carbocycles. The summed E-state index contributed by atoms with van der Waals surface area (Å²) in [7, 11) is 0. The molecule has 3 N–H and O–H groups in total. The Morgan fingerprint density at radius 2 is 1.72 bits per heavy atom. The van der Waals surface area contributed by atoms with E-state index in [1.54, 1.807) is 18.2 Å². The highest BCUT2D eigenvalue weighted by Gasteiger charge is 2.16. The maximum Gasteiger partial charge on any atom is 0.313 e. The van der Waals surface area contributed by atoms with Crippen LogP contribution >= 0.6 is 0 Å². The maximum absolute atomic E-state index is 12.0. The lowest BCUT2D eigenvalue weighted by Crippen LogP contribution is -2.37. The molecule has 2 aromatic carbocycles. The molecule has 0 saturated carbocycles. The second-order valence-electron chi connectivity index (χ2n) is 6.09. The Hall–Kier alpha value is -2.66. The number of rotatable bonds is 5. The van der Waals surface area contributed by atoms with Gasteiger partial charge >= 0.3 is 11.8 Å². The summed E-state index contributed by atoms with van der Waals surface area (Å²) in [6.45, 7) is 5.97. The fraction of sp³-hybridized carbons (Fsp3) is 0.300. The van der Waals surface area contributed by atoms with E-state index in [2.05, 4.69) is 10.6 Å². The average Bonchev–Trinajstić information content (AvgIpc) is 2.61. The van der Waals surface area contributed by atoms with Gasteiger partial charge in [0.25, 0.3) is 0 Å². The van der Waals surface area contributed by atoms with E-state index in [1.807, 2.05) is 45.0 Å². The van der Waals surface area contributed by atoms with Crippen LogP contribution in [0.1, 0.15) is 35.3 Å². The van der Waals surface area contributed by atoms with Gasteiger partial charge in [0.2, 0.25) is 0 Å². The third kappa shape index (κ3) is 5.16. The van der Waals surface area contributed by atoms with Crippen molar-refractivity contribution in [3.8, 4) is 0 Å². The molecule has 25 heavy (non-hydrogen) atoms. The zero-order valence-corrected chi connectivity index (χ0v) is 14.8. The van der Waals surface area contributed by atoms with Crippen molar-refractivity contribution >= 4 is 17.5 Å². The van der Waals surface area contributed by atoms with Crippen LogP contribution in [0.5, 0.6) is 0 Å². The van der Waals surface area contributed by atoms with Crippen LogP contribution in [0.15, 0.2) is 42.5 Å². The van der Waals surface area contributed by atoms with Crippen LogP contribution in [0, 0.1) is 13.8 Å². The number of aliphatic hydroxyl groups excluding tert-OH is 1. The Kier molecular flexibility index (Phi) is 6.31. The summed E-state index contributed by atoms with van der Waals surface area (Å²) in [6.07, 6.45) is -0.00628. The minimum atomic E-state index is -0.858. The molecule has 0 saturated heterocycles. The lowest BCUT2D eigenvalue weighted by atomic mass is 10.1. The second-order valence-corrected chi connectivity index (χ2v) is 6.09. The van der Waals surface area contributed by atoms with E-state index < -0.39 is 17.9 Å². The quantitative estimate of drug-likeness (QED) is 0.732. The number of aryl methyl sites for hydroxylation is 3. The minimum Gasteiger partial charge on any atom is -0.387 e. The number of hydrogen-bond donors (Lipinski definition) is 3. The maximum atomic E-state index is 12.0. The van der Waals surface area contributed by atoms with Crippen LogP contribution in [-0.2, 0) is 16.0 Å². The molecule has 0 aliphatic rings. The fourth-order valence-electron chi connectivity index (χ4n) is 2.49. The number of anilines is 1. The first kappa shape index (κ1) is 18.7. The van der Waals surface area contributed by atoms with E-state index in [0.717, 1.165) is 23.1 Å². The predicted molar refractivity (Wildman–Crippen MR) is 98.3 cm³/mol. The number of benzene rings is 2. The van der Waals surface area contributed by atoms with Crippen molar-refractivity contribution in [3.63, 3.8) is 0 Å². The van der Waals surface area contributed by atoms with E-state index in [1.165, 1.54) is 0 Å². The first-order valence-electron chi connectivity index (χ1n) is 8.34. The lowest BCUT2D eigenvalue weighted by molar-refractivity contribution is -0.136. The molecule has 0 fully saturated rings. The van der Waals surface area contributed by atoms with E-state index >= 15 is 0 Å². The highest BCUT2D eigenvalue weighted by Crippen LogP contribution is 2.16. The monoisotopic (exact) mass is 340 g/mol. The van der Waals surface area contributed by atoms with Gasteiger partial charge in [-0.15, -0.1) is 0 Å². The lowest BCUT2D eigenvalue weighted by Gasteiger charge is -2.13. The molecular formula is C20H24N2O3. The molecule has 0 bridgehead atoms. The molecule has 2 amide bonds. The van der Waals surface area contributed by atoms with Gasteiger partial charge in [-0.25, -0.2) is 0 Å². The van der Waals surface area contributed by atoms with Crippen molar-refractivity contribution < 1.29 is 14.7 Å². The third-order valence-corrected chi connectivity index (χ3v) is 4.11. The molecular weight excluding hydrogens is 316 g/mol. The Morgan fingerprint density at radius 1 is 1.04 bits per heavy atom. The summed E-state index contributed by atoms with van der Waals surface area (Å²) in [5, 5.41) is 15.1. The second kappa shape index (κ2) is 8.44. The van der Waals surface area contributed by atoms with Crippen LogP contribution in [0.4, 0.5) is 5.69 Å². The molecule has 1 atom stereocenters. The van der Waals surface area contributed by atoms with Gasteiger partial charge in [0.15, 0.2) is 0 Å². The predicted octanol–water partition coefficient (Wildman–Crippen LogP) is 2.65. The van der Waals surface area contributed by atoms with Gasteiger partial charge in [-0.1, -0.05) is 42.8 Å². The number of aliphatic hydroxyl groups is 1. The van der Waals surface area contributed by atoms with Gasteiger partial charge in [0.1, 0.15) is 0 Å². The molecule has 132 valence electrons. The van der Waals surface area contributed by atoms with Gasteiger partial charge in [-0.3, -0.25) is 9.59 Å². The standard InChI is InChI=1S/C20H24N2O3/c1-4-15-11-17(10-7-14(15)3)22-20(25)19(24)21-12-18(23)16-8-5-13(2)6-9-16/h5-11,18,23H,4,12H2,1-3H3,(H,21,24)(H,22,25). The van der Waals surface area contributed by atoms with Crippen LogP contribution in [0.2, 0.25) is 0 Å². The van der Waals surface area contributed by atoms with Gasteiger partial charge in [-0.05, 0) is 49.1 Å². The topological polar surface area (TPSA) is 78.4 Å². The summed E-state index contributed by atoms with van der Waals surface area (Å²) in [5.41, 5.74) is 4.63. The van der Waals surface area contributed by atoms with Gasteiger partial charge in [0, 0.05) is 12.2 Å². The summed E-state index contributed by atoms with van der Waals surface area (Å²) >= 11 is 0. The minimum absolute atomic E-state index is 0.0244. The van der Waals surface area contributed by atoms with Crippen LogP contribution in [-0.4, -0.2) is 23.5 Å². The smallest absolute Gasteiger partial charge is 0.313 e. The molecule has 2 aromatic rings. The first-order chi connectivity index (χ1) is 11.9. The summed E-state index contributed by atoms with van der Waals surface area (Å²) in [6, 6.07) is 12.9. The van der Waals surface area contributed by atoms with Crippen molar-refractivity contribution in [3.05, 3.63) is 64.7 Å².